The molecule has 3 aromatic rings. The average Bonchev–Trinajstić information content (AvgIpc) is 2.76. The van der Waals surface area contributed by atoms with Gasteiger partial charge in [-0.05, 0) is 36.4 Å². The minimum Gasteiger partial charge on any atom is -0.506 e. The van der Waals surface area contributed by atoms with Crippen molar-refractivity contribution in [2.75, 3.05) is 36.4 Å². The van der Waals surface area contributed by atoms with Crippen LogP contribution in [0.25, 0.3) is 0 Å². The van der Waals surface area contributed by atoms with Crippen molar-refractivity contribution in [3.05, 3.63) is 90.0 Å². The van der Waals surface area contributed by atoms with Gasteiger partial charge in [-0.25, -0.2) is 0 Å². The number of quaternary nitrogens is 1. The van der Waals surface area contributed by atoms with Crippen LogP contribution in [0.3, 0.4) is 0 Å². The monoisotopic (exact) mass is 388 g/mol. The van der Waals surface area contributed by atoms with Gasteiger partial charge in [0, 0.05) is 16.8 Å². The minimum atomic E-state index is -0.0913. The first-order chi connectivity index (χ1) is 14.2. The maximum atomic E-state index is 12.4. The van der Waals surface area contributed by atoms with Gasteiger partial charge in [0.1, 0.15) is 12.3 Å². The molecule has 0 unspecified atom stereocenters. The van der Waals surface area contributed by atoms with Gasteiger partial charge >= 0.3 is 0 Å². The Morgan fingerprint density at radius 3 is 2.24 bits per heavy atom. The van der Waals surface area contributed by atoms with E-state index in [0.717, 1.165) is 44.1 Å². The van der Waals surface area contributed by atoms with Gasteiger partial charge in [-0.2, -0.15) is 0 Å². The highest BCUT2D eigenvalue weighted by Crippen LogP contribution is 2.26. The Kier molecular flexibility index (Phi) is 5.77. The number of piperazine rings is 1. The lowest BCUT2D eigenvalue weighted by Gasteiger charge is -2.34. The molecule has 1 aliphatic rings. The molecular formula is C24H26N3O2+. The zero-order valence-corrected chi connectivity index (χ0v) is 16.3. The van der Waals surface area contributed by atoms with E-state index in [1.165, 1.54) is 10.5 Å². The Morgan fingerprint density at radius 1 is 0.897 bits per heavy atom. The van der Waals surface area contributed by atoms with Crippen molar-refractivity contribution in [1.29, 1.82) is 0 Å². The third-order valence-electron chi connectivity index (χ3n) is 5.39. The molecule has 29 heavy (non-hydrogen) atoms. The van der Waals surface area contributed by atoms with Crippen LogP contribution in [-0.2, 0) is 6.54 Å². The first-order valence-electron chi connectivity index (χ1n) is 10.0. The largest absolute Gasteiger partial charge is 0.506 e. The maximum Gasteiger partial charge on any atom is 0.255 e. The summed E-state index contributed by atoms with van der Waals surface area (Å²) in [6, 6.07) is 24.9. The molecule has 0 spiro atoms. The van der Waals surface area contributed by atoms with Gasteiger partial charge in [-0.15, -0.1) is 0 Å². The number of para-hydroxylation sites is 3. The second-order valence-corrected chi connectivity index (χ2v) is 7.42. The Labute approximate surface area is 171 Å². The van der Waals surface area contributed by atoms with Crippen molar-refractivity contribution in [1.82, 2.24) is 0 Å². The fraction of sp³-hybridized carbons (Fsp3) is 0.208. The molecule has 3 aromatic carbocycles. The minimum absolute atomic E-state index is 0.0913. The van der Waals surface area contributed by atoms with Crippen molar-refractivity contribution in [3.63, 3.8) is 0 Å². The number of carbonyl (C=O) groups is 1. The molecule has 5 nitrogen and oxygen atoms in total. The van der Waals surface area contributed by atoms with Crippen molar-refractivity contribution in [3.8, 4) is 5.75 Å². The van der Waals surface area contributed by atoms with Gasteiger partial charge in [0.2, 0.25) is 0 Å². The molecule has 1 aliphatic heterocycles. The Bertz CT molecular complexity index is 949. The maximum absolute atomic E-state index is 12.4. The summed E-state index contributed by atoms with van der Waals surface area (Å²) >= 11 is 0. The third kappa shape index (κ3) is 4.76. The second-order valence-electron chi connectivity index (χ2n) is 7.42. The van der Waals surface area contributed by atoms with E-state index < -0.39 is 0 Å². The number of hydrogen-bond donors (Lipinski definition) is 3. The highest BCUT2D eigenvalue weighted by atomic mass is 16.3. The first kappa shape index (κ1) is 19.0. The van der Waals surface area contributed by atoms with Crippen molar-refractivity contribution in [2.24, 2.45) is 0 Å². The molecule has 5 heteroatoms. The molecule has 1 amide bonds. The topological polar surface area (TPSA) is 57.0 Å². The number of benzene rings is 3. The number of rotatable bonds is 5. The summed E-state index contributed by atoms with van der Waals surface area (Å²) < 4.78 is 0. The van der Waals surface area contributed by atoms with Crippen LogP contribution in [0, 0.1) is 0 Å². The number of phenols is 1. The smallest absolute Gasteiger partial charge is 0.255 e. The van der Waals surface area contributed by atoms with Gasteiger partial charge in [0.15, 0.2) is 0 Å². The molecular weight excluding hydrogens is 362 g/mol. The lowest BCUT2D eigenvalue weighted by molar-refractivity contribution is -0.914. The summed E-state index contributed by atoms with van der Waals surface area (Å²) in [6.07, 6.45) is 0. The Hall–Kier alpha value is -3.31. The summed E-state index contributed by atoms with van der Waals surface area (Å²) in [5.41, 5.74) is 3.61. The van der Waals surface area contributed by atoms with Gasteiger partial charge in [0.25, 0.3) is 5.91 Å². The molecule has 1 saturated heterocycles. The van der Waals surface area contributed by atoms with Crippen LogP contribution in [0.15, 0.2) is 78.9 Å². The van der Waals surface area contributed by atoms with E-state index in [0.29, 0.717) is 11.3 Å². The Balaban J connectivity index is 1.30. The van der Waals surface area contributed by atoms with Crippen LogP contribution in [0.5, 0.6) is 5.75 Å². The van der Waals surface area contributed by atoms with Crippen LogP contribution >= 0.6 is 0 Å². The van der Waals surface area contributed by atoms with E-state index in [1.807, 2.05) is 72.8 Å². The van der Waals surface area contributed by atoms with E-state index in [-0.39, 0.29) is 5.91 Å². The predicted molar refractivity (Wildman–Crippen MR) is 116 cm³/mol. The molecule has 148 valence electrons. The van der Waals surface area contributed by atoms with Crippen molar-refractivity contribution >= 4 is 17.3 Å². The zero-order valence-electron chi connectivity index (χ0n) is 16.3. The van der Waals surface area contributed by atoms with Gasteiger partial charge in [-0.3, -0.25) is 4.79 Å². The van der Waals surface area contributed by atoms with Gasteiger partial charge in [0.05, 0.1) is 31.9 Å². The number of hydrogen-bond acceptors (Lipinski definition) is 3. The summed E-state index contributed by atoms with van der Waals surface area (Å²) in [4.78, 5) is 16.1. The van der Waals surface area contributed by atoms with Gasteiger partial charge in [-0.1, -0.05) is 42.5 Å². The molecule has 0 bridgehead atoms. The highest BCUT2D eigenvalue weighted by molar-refractivity contribution is 6.04. The molecule has 0 saturated carbocycles. The molecule has 3 N–H and O–H groups in total. The average molecular weight is 388 g/mol. The number of phenolic OH excluding ortho intramolecular Hbond substituents is 1. The van der Waals surface area contributed by atoms with Crippen LogP contribution in [0.2, 0.25) is 0 Å². The first-order valence-corrected chi connectivity index (χ1v) is 10.0. The fourth-order valence-electron chi connectivity index (χ4n) is 3.76. The van der Waals surface area contributed by atoms with E-state index in [9.17, 15) is 9.90 Å². The lowest BCUT2D eigenvalue weighted by atomic mass is 10.1. The molecule has 4 rings (SSSR count). The number of carbonyl (C=O) groups excluding carboxylic acids is 1. The number of nitrogens with zero attached hydrogens (tertiary/aromatic N) is 1. The molecule has 0 aliphatic carbocycles. The number of aromatic hydroxyl groups is 1. The standard InChI is InChI=1S/C24H25N3O2/c28-23-9-5-4-8-22(23)27-16-14-26(15-17-27)18-19-10-12-20(13-11-19)24(29)25-21-6-2-1-3-7-21/h1-13,28H,14-18H2,(H,25,29)/p+1. The summed E-state index contributed by atoms with van der Waals surface area (Å²) in [5, 5.41) is 13.0. The molecule has 1 heterocycles. The quantitative estimate of drug-likeness (QED) is 0.630. The second kappa shape index (κ2) is 8.80. The SMILES string of the molecule is O=C(Nc1ccccc1)c1ccc(C[NH+]2CCN(c3ccccc3O)CC2)cc1. The van der Waals surface area contributed by atoms with Crippen LogP contribution in [0.4, 0.5) is 11.4 Å². The number of nitrogens with one attached hydrogen (secondary N) is 2. The summed E-state index contributed by atoms with van der Waals surface area (Å²) in [7, 11) is 0. The fourth-order valence-corrected chi connectivity index (χ4v) is 3.76. The van der Waals surface area contributed by atoms with Crippen LogP contribution < -0.4 is 15.1 Å². The summed E-state index contributed by atoms with van der Waals surface area (Å²) in [5.74, 6) is 0.256. The highest BCUT2D eigenvalue weighted by Gasteiger charge is 2.22. The van der Waals surface area contributed by atoms with E-state index in [1.54, 1.807) is 6.07 Å². The molecule has 1 fully saturated rings. The molecule has 0 atom stereocenters. The van der Waals surface area contributed by atoms with Crippen molar-refractivity contribution < 1.29 is 14.8 Å². The summed E-state index contributed by atoms with van der Waals surface area (Å²) in [6.45, 7) is 4.82. The van der Waals surface area contributed by atoms with E-state index >= 15 is 0 Å². The normalized spacial score (nSPS) is 14.6. The van der Waals surface area contributed by atoms with Crippen molar-refractivity contribution in [2.45, 2.75) is 6.54 Å². The Morgan fingerprint density at radius 2 is 1.55 bits per heavy atom. The lowest BCUT2D eigenvalue weighted by Crippen LogP contribution is -3.13. The zero-order chi connectivity index (χ0) is 20.1. The number of anilines is 2. The van der Waals surface area contributed by atoms with E-state index in [2.05, 4.69) is 10.2 Å². The molecule has 0 radical (unpaired) electrons. The molecule has 0 aromatic heterocycles. The third-order valence-corrected chi connectivity index (χ3v) is 5.39. The predicted octanol–water partition coefficient (Wildman–Crippen LogP) is 2.55. The number of amides is 1. The van der Waals surface area contributed by atoms with Gasteiger partial charge < -0.3 is 20.2 Å². The van der Waals surface area contributed by atoms with E-state index in [4.69, 9.17) is 0 Å². The van der Waals surface area contributed by atoms with Crippen LogP contribution in [0.1, 0.15) is 15.9 Å². The van der Waals surface area contributed by atoms with Crippen LogP contribution in [-0.4, -0.2) is 37.2 Å².